The zero-order chi connectivity index (χ0) is 15.8. The van der Waals surface area contributed by atoms with Crippen molar-refractivity contribution in [2.24, 2.45) is 10.8 Å². The van der Waals surface area contributed by atoms with E-state index in [9.17, 15) is 25.9 Å². The smallest absolute Gasteiger partial charge is 0.434 e. The molecule has 1 aliphatic rings. The summed E-state index contributed by atoms with van der Waals surface area (Å²) in [6, 6.07) is -0.828. The van der Waals surface area contributed by atoms with Crippen LogP contribution in [0.25, 0.3) is 0 Å². The van der Waals surface area contributed by atoms with Crippen LogP contribution >= 0.6 is 0 Å². The summed E-state index contributed by atoms with van der Waals surface area (Å²) >= 11 is 0. The quantitative estimate of drug-likeness (QED) is 0.600. The molecule has 1 saturated carbocycles. The monoisotopic (exact) mass is 304 g/mol. The van der Waals surface area contributed by atoms with Crippen molar-refractivity contribution in [2.45, 2.75) is 46.1 Å². The second kappa shape index (κ2) is 5.44. The standard InChI is InChI=1S/C10H20B2F6N2/c1-9(2)4-8(20-12(16,17)18)5-10(3,6-9)7-19-11(13,14)15/h8,19-20H,4-7H2,1-3H3/q-2. The van der Waals surface area contributed by atoms with E-state index in [1.807, 2.05) is 0 Å². The molecule has 0 radical (unpaired) electrons. The number of nitrogens with one attached hydrogen (secondary N) is 2. The first-order valence-electron chi connectivity index (χ1n) is 6.61. The highest BCUT2D eigenvalue weighted by molar-refractivity contribution is 6.55. The minimum atomic E-state index is -5.15. The average Bonchev–Trinajstić information content (AvgIpc) is 2.07. The summed E-state index contributed by atoms with van der Waals surface area (Å²) in [6.45, 7) is 4.85. The van der Waals surface area contributed by atoms with Crippen LogP contribution in [-0.4, -0.2) is 26.8 Å². The third-order valence-electron chi connectivity index (χ3n) is 3.63. The molecule has 0 heterocycles. The van der Waals surface area contributed by atoms with Gasteiger partial charge in [0.05, 0.1) is 0 Å². The van der Waals surface area contributed by atoms with Crippen LogP contribution in [0.4, 0.5) is 25.9 Å². The van der Waals surface area contributed by atoms with Gasteiger partial charge in [-0.15, -0.1) is 0 Å². The molecule has 1 rings (SSSR count). The fourth-order valence-corrected chi connectivity index (χ4v) is 3.52. The molecule has 2 nitrogen and oxygen atoms in total. The topological polar surface area (TPSA) is 24.1 Å². The van der Waals surface area contributed by atoms with Gasteiger partial charge in [-0.25, -0.2) is 0 Å². The lowest BCUT2D eigenvalue weighted by molar-refractivity contribution is 0.0752. The van der Waals surface area contributed by atoms with Crippen LogP contribution < -0.4 is 10.5 Å². The van der Waals surface area contributed by atoms with Gasteiger partial charge in [-0.1, -0.05) is 20.8 Å². The van der Waals surface area contributed by atoms with E-state index in [0.29, 0.717) is 12.8 Å². The van der Waals surface area contributed by atoms with Gasteiger partial charge in [-0.3, -0.25) is 0 Å². The molecule has 2 N–H and O–H groups in total. The fourth-order valence-electron chi connectivity index (χ4n) is 3.52. The van der Waals surface area contributed by atoms with E-state index in [4.69, 9.17) is 0 Å². The first kappa shape index (κ1) is 17.7. The molecule has 2 unspecified atom stereocenters. The van der Waals surface area contributed by atoms with E-state index in [0.717, 1.165) is 0 Å². The summed E-state index contributed by atoms with van der Waals surface area (Å²) < 4.78 is 74.3. The van der Waals surface area contributed by atoms with Crippen molar-refractivity contribution in [2.75, 3.05) is 6.54 Å². The third-order valence-corrected chi connectivity index (χ3v) is 3.63. The Morgan fingerprint density at radius 1 is 0.950 bits per heavy atom. The molecule has 1 aliphatic carbocycles. The third kappa shape index (κ3) is 6.39. The molecule has 20 heavy (non-hydrogen) atoms. The van der Waals surface area contributed by atoms with Crippen LogP contribution in [0.15, 0.2) is 0 Å². The summed E-state index contributed by atoms with van der Waals surface area (Å²) in [6.07, 6.45) is 0.847. The normalized spacial score (nSPS) is 31.4. The molecule has 120 valence electrons. The van der Waals surface area contributed by atoms with E-state index in [1.165, 1.54) is 5.23 Å². The van der Waals surface area contributed by atoms with Crippen LogP contribution in [0.1, 0.15) is 40.0 Å². The van der Waals surface area contributed by atoms with Crippen molar-refractivity contribution < 1.29 is 25.9 Å². The molecule has 0 saturated heterocycles. The maximum Gasteiger partial charge on any atom is 0.564 e. The summed E-state index contributed by atoms with van der Waals surface area (Å²) in [7, 11) is -10.3. The minimum Gasteiger partial charge on any atom is -0.434 e. The molecule has 0 amide bonds. The molecular formula is C10H20B2F6N2-2. The van der Waals surface area contributed by atoms with Gasteiger partial charge in [0.25, 0.3) is 0 Å². The highest BCUT2D eigenvalue weighted by atomic mass is 19.4. The molecule has 0 bridgehead atoms. The molecule has 0 aromatic rings. The molecule has 0 aromatic heterocycles. The second-order valence-electron chi connectivity index (χ2n) is 6.95. The Morgan fingerprint density at radius 2 is 1.50 bits per heavy atom. The van der Waals surface area contributed by atoms with Gasteiger partial charge in [-0.05, 0) is 42.7 Å². The molecule has 0 spiro atoms. The van der Waals surface area contributed by atoms with E-state index in [-0.39, 0.29) is 13.0 Å². The van der Waals surface area contributed by atoms with Crippen molar-refractivity contribution in [1.29, 1.82) is 0 Å². The zero-order valence-corrected chi connectivity index (χ0v) is 11.8. The fraction of sp³-hybridized carbons (Fsp3) is 1.00. The lowest BCUT2D eigenvalue weighted by Crippen LogP contribution is -2.55. The van der Waals surface area contributed by atoms with Crippen molar-refractivity contribution >= 4 is 14.2 Å². The maximum absolute atomic E-state index is 12.5. The van der Waals surface area contributed by atoms with Crippen LogP contribution in [-0.2, 0) is 0 Å². The first-order valence-corrected chi connectivity index (χ1v) is 6.61. The van der Waals surface area contributed by atoms with Gasteiger partial charge in [0.1, 0.15) is 0 Å². The van der Waals surface area contributed by atoms with Crippen LogP contribution in [0.3, 0.4) is 0 Å². The number of hydrogen-bond acceptors (Lipinski definition) is 2. The highest BCUT2D eigenvalue weighted by Crippen LogP contribution is 2.46. The molecule has 1 fully saturated rings. The van der Waals surface area contributed by atoms with Crippen molar-refractivity contribution in [1.82, 2.24) is 10.5 Å². The minimum absolute atomic E-state index is 0.0802. The van der Waals surface area contributed by atoms with E-state index in [2.05, 4.69) is 0 Å². The van der Waals surface area contributed by atoms with Gasteiger partial charge in [0, 0.05) is 0 Å². The van der Waals surface area contributed by atoms with Crippen molar-refractivity contribution in [3.63, 3.8) is 0 Å². The first-order chi connectivity index (χ1) is 8.70. The van der Waals surface area contributed by atoms with Gasteiger partial charge >= 0.3 is 14.2 Å². The van der Waals surface area contributed by atoms with Crippen molar-refractivity contribution in [3.05, 3.63) is 0 Å². The average molecular weight is 304 g/mol. The molecule has 0 aromatic carbocycles. The Balaban J connectivity index is 2.75. The Labute approximate surface area is 115 Å². The Hall–Kier alpha value is -0.370. The van der Waals surface area contributed by atoms with E-state index >= 15 is 0 Å². The van der Waals surface area contributed by atoms with Crippen LogP contribution in [0.2, 0.25) is 0 Å². The van der Waals surface area contributed by atoms with Gasteiger partial charge in [-0.2, -0.15) is 0 Å². The summed E-state index contributed by atoms with van der Waals surface area (Å²) in [5.41, 5.74) is -1.23. The lowest BCUT2D eigenvalue weighted by Gasteiger charge is -2.49. The highest BCUT2D eigenvalue weighted by Gasteiger charge is 2.43. The maximum atomic E-state index is 12.5. The molecule has 10 heteroatoms. The summed E-state index contributed by atoms with van der Waals surface area (Å²) in [4.78, 5) is 0. The predicted molar refractivity (Wildman–Crippen MR) is 68.8 cm³/mol. The Morgan fingerprint density at radius 3 is 1.95 bits per heavy atom. The number of halogens is 6. The summed E-state index contributed by atoms with van der Waals surface area (Å²) in [5, 5.41) is 3.14. The predicted octanol–water partition coefficient (Wildman–Crippen LogP) is 3.44. The molecule has 2 atom stereocenters. The van der Waals surface area contributed by atoms with Gasteiger partial charge in [0.2, 0.25) is 0 Å². The van der Waals surface area contributed by atoms with Crippen molar-refractivity contribution in [3.8, 4) is 0 Å². The number of hydrogen-bond donors (Lipinski definition) is 2. The van der Waals surface area contributed by atoms with Gasteiger partial charge in [0.15, 0.2) is 0 Å². The lowest BCUT2D eigenvalue weighted by atomic mass is 9.62. The van der Waals surface area contributed by atoms with Crippen LogP contribution in [0, 0.1) is 10.8 Å². The van der Waals surface area contributed by atoms with E-state index in [1.54, 1.807) is 26.0 Å². The molecule has 0 aliphatic heterocycles. The second-order valence-corrected chi connectivity index (χ2v) is 6.95. The van der Waals surface area contributed by atoms with Gasteiger partial charge < -0.3 is 36.3 Å². The number of rotatable bonds is 5. The SMILES string of the molecule is CC1(C)CC(N[B-](F)(F)F)CC(C)(CN[B-](F)(F)F)C1. The Kier molecular flexibility index (Phi) is 4.81. The van der Waals surface area contributed by atoms with E-state index < -0.39 is 31.1 Å². The summed E-state index contributed by atoms with van der Waals surface area (Å²) in [5.74, 6) is 0. The zero-order valence-electron chi connectivity index (χ0n) is 11.8. The van der Waals surface area contributed by atoms with Crippen LogP contribution in [0.5, 0.6) is 0 Å². The largest absolute Gasteiger partial charge is 0.564 e. The molecular weight excluding hydrogens is 284 g/mol. The Bertz CT molecular complexity index is 342.